The molecule has 0 bridgehead atoms. The van der Waals surface area contributed by atoms with Crippen LogP contribution in [0, 0.1) is 0 Å². The van der Waals surface area contributed by atoms with E-state index in [0.29, 0.717) is 0 Å². The lowest BCUT2D eigenvalue weighted by Gasteiger charge is -2.19. The number of unbranched alkanes of at least 4 members (excludes halogenated alkanes) is 1. The van der Waals surface area contributed by atoms with Crippen molar-refractivity contribution >= 4 is 23.1 Å². The molecule has 0 heterocycles. The number of hydrogen-bond acceptors (Lipinski definition) is 1. The summed E-state index contributed by atoms with van der Waals surface area (Å²) in [5, 5.41) is 0. The van der Waals surface area contributed by atoms with Crippen molar-refractivity contribution < 1.29 is 4.74 Å². The Morgan fingerprint density at radius 3 is 1.83 bits per heavy atom. The Labute approximate surface area is 145 Å². The van der Waals surface area contributed by atoms with Crippen LogP contribution in [0.5, 0.6) is 5.75 Å². The molecule has 3 aromatic rings. The third-order valence-corrected chi connectivity index (χ3v) is 4.25. The van der Waals surface area contributed by atoms with Crippen LogP contribution in [0.15, 0.2) is 84.9 Å². The van der Waals surface area contributed by atoms with Gasteiger partial charge in [-0.05, 0) is 17.9 Å². The van der Waals surface area contributed by atoms with Crippen LogP contribution >= 0.6 is 0 Å². The van der Waals surface area contributed by atoms with Gasteiger partial charge in [0.05, 0.1) is 6.61 Å². The maximum Gasteiger partial charge on any atom is 0.246 e. The van der Waals surface area contributed by atoms with E-state index in [4.69, 9.17) is 4.74 Å². The van der Waals surface area contributed by atoms with Crippen molar-refractivity contribution in [3.63, 3.8) is 0 Å². The molecule has 0 aliphatic heterocycles. The molecule has 0 aliphatic rings. The van der Waals surface area contributed by atoms with Crippen LogP contribution in [0.1, 0.15) is 19.8 Å². The van der Waals surface area contributed by atoms with Crippen LogP contribution in [0.3, 0.4) is 0 Å². The van der Waals surface area contributed by atoms with Crippen LogP contribution in [0.4, 0.5) is 0 Å². The highest BCUT2D eigenvalue weighted by Gasteiger charge is 2.24. The summed E-state index contributed by atoms with van der Waals surface area (Å²) < 4.78 is 6.10. The first-order chi connectivity index (χ1) is 11.9. The number of benzene rings is 3. The molecular formula is C22H23BO. The maximum atomic E-state index is 6.10. The van der Waals surface area contributed by atoms with Gasteiger partial charge in [0.15, 0.2) is 0 Å². The summed E-state index contributed by atoms with van der Waals surface area (Å²) in [4.78, 5) is 0. The fraction of sp³-hybridized carbons (Fsp3) is 0.182. The van der Waals surface area contributed by atoms with Crippen molar-refractivity contribution in [2.24, 2.45) is 0 Å². The van der Waals surface area contributed by atoms with E-state index in [2.05, 4.69) is 91.9 Å². The molecule has 24 heavy (non-hydrogen) atoms. The monoisotopic (exact) mass is 314 g/mol. The smallest absolute Gasteiger partial charge is 0.246 e. The zero-order valence-electron chi connectivity index (χ0n) is 14.2. The zero-order valence-corrected chi connectivity index (χ0v) is 14.2. The van der Waals surface area contributed by atoms with Crippen LogP contribution in [0.2, 0.25) is 0 Å². The van der Waals surface area contributed by atoms with Crippen molar-refractivity contribution in [1.29, 1.82) is 0 Å². The standard InChI is InChI=1S/C22H23BO/c1-2-3-18-24-22-17-11-10-16-21(22)23(19-12-6-4-7-13-19)20-14-8-5-9-15-20/h4-17H,2-3,18H2,1H3. The molecule has 0 saturated carbocycles. The second kappa shape index (κ2) is 8.40. The van der Waals surface area contributed by atoms with Gasteiger partial charge in [-0.25, -0.2) is 0 Å². The second-order valence-electron chi connectivity index (χ2n) is 5.99. The Balaban J connectivity index is 2.04. The molecule has 0 aromatic heterocycles. The number of hydrogen-bond donors (Lipinski definition) is 0. The highest BCUT2D eigenvalue weighted by Crippen LogP contribution is 2.10. The third kappa shape index (κ3) is 3.89. The highest BCUT2D eigenvalue weighted by molar-refractivity contribution is 6.96. The molecule has 120 valence electrons. The van der Waals surface area contributed by atoms with E-state index in [1.165, 1.54) is 16.4 Å². The lowest BCUT2D eigenvalue weighted by atomic mass is 9.36. The SMILES string of the molecule is CCCCOc1ccccc1B(c1ccccc1)c1ccccc1. The van der Waals surface area contributed by atoms with Crippen LogP contribution in [-0.4, -0.2) is 13.3 Å². The Hall–Kier alpha value is -2.48. The molecule has 0 fully saturated rings. The molecule has 2 heteroatoms. The van der Waals surface area contributed by atoms with E-state index >= 15 is 0 Å². The van der Waals surface area contributed by atoms with Gasteiger partial charge in [0.25, 0.3) is 0 Å². The fourth-order valence-electron chi connectivity index (χ4n) is 3.02. The molecule has 0 aliphatic carbocycles. The average molecular weight is 314 g/mol. The first-order valence-electron chi connectivity index (χ1n) is 8.71. The van der Waals surface area contributed by atoms with Crippen LogP contribution < -0.4 is 21.1 Å². The number of rotatable bonds is 7. The highest BCUT2D eigenvalue weighted by atomic mass is 16.5. The third-order valence-electron chi connectivity index (χ3n) is 4.25. The Morgan fingerprint density at radius 2 is 1.25 bits per heavy atom. The van der Waals surface area contributed by atoms with Crippen molar-refractivity contribution in [3.05, 3.63) is 84.9 Å². The van der Waals surface area contributed by atoms with Gasteiger partial charge in [-0.1, -0.05) is 103 Å². The van der Waals surface area contributed by atoms with Crippen molar-refractivity contribution in [2.75, 3.05) is 6.61 Å². The van der Waals surface area contributed by atoms with Gasteiger partial charge in [0.1, 0.15) is 5.75 Å². The summed E-state index contributed by atoms with van der Waals surface area (Å²) in [6, 6.07) is 29.7. The number of para-hydroxylation sites is 1. The molecule has 3 aromatic carbocycles. The second-order valence-corrected chi connectivity index (χ2v) is 5.99. The Kier molecular flexibility index (Phi) is 5.73. The molecule has 0 radical (unpaired) electrons. The van der Waals surface area contributed by atoms with Gasteiger partial charge in [0, 0.05) is 0 Å². The minimum Gasteiger partial charge on any atom is -0.494 e. The van der Waals surface area contributed by atoms with Gasteiger partial charge < -0.3 is 4.74 Å². The van der Waals surface area contributed by atoms with Crippen LogP contribution in [-0.2, 0) is 0 Å². The average Bonchev–Trinajstić information content (AvgIpc) is 2.65. The van der Waals surface area contributed by atoms with E-state index in [1.54, 1.807) is 0 Å². The van der Waals surface area contributed by atoms with Crippen molar-refractivity contribution in [2.45, 2.75) is 19.8 Å². The molecule has 0 unspecified atom stereocenters. The summed E-state index contributed by atoms with van der Waals surface area (Å²) in [7, 11) is 0. The predicted octanol–water partition coefficient (Wildman–Crippen LogP) is 3.38. The molecule has 0 N–H and O–H groups in total. The largest absolute Gasteiger partial charge is 0.494 e. The zero-order chi connectivity index (χ0) is 16.6. The van der Waals surface area contributed by atoms with Gasteiger partial charge >= 0.3 is 0 Å². The molecular weight excluding hydrogens is 291 g/mol. The summed E-state index contributed by atoms with van der Waals surface area (Å²) in [6.45, 7) is 3.14. The van der Waals surface area contributed by atoms with E-state index in [-0.39, 0.29) is 6.71 Å². The summed E-state index contributed by atoms with van der Waals surface area (Å²) in [5.41, 5.74) is 3.80. The lowest BCUT2D eigenvalue weighted by molar-refractivity contribution is 0.312. The van der Waals surface area contributed by atoms with E-state index in [0.717, 1.165) is 25.2 Å². The lowest BCUT2D eigenvalue weighted by Crippen LogP contribution is -2.52. The molecule has 0 amide bonds. The van der Waals surface area contributed by atoms with Crippen molar-refractivity contribution in [3.8, 4) is 5.75 Å². The summed E-state index contributed by atoms with van der Waals surface area (Å²) in [6.07, 6.45) is 2.22. The number of ether oxygens (including phenoxy) is 1. The van der Waals surface area contributed by atoms with Gasteiger partial charge in [-0.15, -0.1) is 0 Å². The normalized spacial score (nSPS) is 10.4. The minimum atomic E-state index is 0.185. The van der Waals surface area contributed by atoms with Gasteiger partial charge in [-0.2, -0.15) is 0 Å². The van der Waals surface area contributed by atoms with Gasteiger partial charge in [-0.3, -0.25) is 0 Å². The maximum absolute atomic E-state index is 6.10. The minimum absolute atomic E-state index is 0.185. The first kappa shape index (κ1) is 16.4. The van der Waals surface area contributed by atoms with Gasteiger partial charge in [0.2, 0.25) is 6.71 Å². The van der Waals surface area contributed by atoms with Crippen LogP contribution in [0.25, 0.3) is 0 Å². The van der Waals surface area contributed by atoms with E-state index in [1.807, 2.05) is 0 Å². The Morgan fingerprint density at radius 1 is 0.708 bits per heavy atom. The molecule has 0 saturated heterocycles. The molecule has 0 atom stereocenters. The predicted molar refractivity (Wildman–Crippen MR) is 104 cm³/mol. The molecule has 1 nitrogen and oxygen atoms in total. The topological polar surface area (TPSA) is 9.23 Å². The Bertz CT molecular complexity index is 701. The quantitative estimate of drug-likeness (QED) is 0.480. The van der Waals surface area contributed by atoms with E-state index < -0.39 is 0 Å². The molecule has 0 spiro atoms. The summed E-state index contributed by atoms with van der Waals surface area (Å²) >= 11 is 0. The molecule has 3 rings (SSSR count). The van der Waals surface area contributed by atoms with Crippen molar-refractivity contribution in [1.82, 2.24) is 0 Å². The summed E-state index contributed by atoms with van der Waals surface area (Å²) in [5.74, 6) is 0.989. The fourth-order valence-corrected chi connectivity index (χ4v) is 3.02. The first-order valence-corrected chi connectivity index (χ1v) is 8.71. The van der Waals surface area contributed by atoms with E-state index in [9.17, 15) is 0 Å².